The molecular weight excluding hydrogens is 817 g/mol. The summed E-state index contributed by atoms with van der Waals surface area (Å²) < 4.78 is 63.0. The number of hydrogen-bond acceptors (Lipinski definition) is 6. The van der Waals surface area contributed by atoms with E-state index < -0.39 is 36.4 Å². The standard InChI is InChI=1S/2C25H34O3SSi/c2*1-18-11-13-20(14-12-18)29(26,27)28-17-22-23-15-19(25(23,2)3)16-24(22)30(4,5)21-9-7-6-8-10-21/h2*6-14,19,22-24H,15-17H2,1-5H3/t2*19-,22+,23+,24+/m11/s1. The Morgan fingerprint density at radius 1 is 0.500 bits per heavy atom. The Kier molecular flexibility index (Phi) is 12.6. The summed E-state index contributed by atoms with van der Waals surface area (Å²) in [5.74, 6) is 3.12. The van der Waals surface area contributed by atoms with E-state index in [4.69, 9.17) is 8.37 Å². The molecule has 60 heavy (non-hydrogen) atoms. The van der Waals surface area contributed by atoms with Gasteiger partial charge < -0.3 is 0 Å². The Morgan fingerprint density at radius 2 is 0.817 bits per heavy atom. The van der Waals surface area contributed by atoms with Gasteiger partial charge in [-0.25, -0.2) is 0 Å². The zero-order chi connectivity index (χ0) is 43.5. The van der Waals surface area contributed by atoms with Gasteiger partial charge in [0.1, 0.15) is 0 Å². The number of rotatable bonds is 12. The van der Waals surface area contributed by atoms with Crippen molar-refractivity contribution in [1.29, 1.82) is 0 Å². The first-order valence-electron chi connectivity index (χ1n) is 22.1. The fourth-order valence-corrected chi connectivity index (χ4v) is 21.4. The van der Waals surface area contributed by atoms with Crippen LogP contribution in [0, 0.1) is 60.2 Å². The van der Waals surface area contributed by atoms with Crippen LogP contribution in [0.3, 0.4) is 0 Å². The molecule has 0 aliphatic heterocycles. The molecule has 8 atom stereocenters. The summed E-state index contributed by atoms with van der Waals surface area (Å²) in [6.45, 7) is 23.7. The minimum absolute atomic E-state index is 0.255. The van der Waals surface area contributed by atoms with Crippen molar-refractivity contribution in [3.8, 4) is 0 Å². The summed E-state index contributed by atoms with van der Waals surface area (Å²) in [6, 6.07) is 35.6. The molecule has 4 aromatic carbocycles. The largest absolute Gasteiger partial charge is 0.296 e. The zero-order valence-corrected chi connectivity index (χ0v) is 41.2. The van der Waals surface area contributed by atoms with E-state index in [0.717, 1.165) is 23.0 Å². The molecule has 0 spiro atoms. The maximum absolute atomic E-state index is 12.9. The third-order valence-electron chi connectivity index (χ3n) is 16.6. The molecule has 0 N–H and O–H groups in total. The second-order valence-corrected chi connectivity index (χ2v) is 33.8. The van der Waals surface area contributed by atoms with Crippen LogP contribution in [0.15, 0.2) is 119 Å². The lowest BCUT2D eigenvalue weighted by Gasteiger charge is -2.64. The van der Waals surface area contributed by atoms with Crippen LogP contribution < -0.4 is 10.4 Å². The second-order valence-electron chi connectivity index (χ2n) is 21.0. The first-order chi connectivity index (χ1) is 28.1. The SMILES string of the molecule is Cc1ccc(S(=O)(=O)OC[C@H]2[C@@H]3C[C@H](C[C@@H]2[Si](C)(C)c2ccccc2)C3(C)C)cc1.Cc1ccc(S(=O)(=O)OC[C@H]2[C@@H]3C[C@H](C[C@@H]2[Si](C)(C)c2ccccc2)C3(C)C)cc1. The molecular formula is C50H68O6S2Si2. The van der Waals surface area contributed by atoms with Crippen LogP contribution in [0.4, 0.5) is 0 Å². The summed E-state index contributed by atoms with van der Waals surface area (Å²) in [4.78, 5) is 0.511. The van der Waals surface area contributed by atoms with Crippen molar-refractivity contribution in [1.82, 2.24) is 0 Å². The van der Waals surface area contributed by atoms with Gasteiger partial charge in [0.05, 0.1) is 39.2 Å². The Morgan fingerprint density at radius 3 is 1.12 bits per heavy atom. The summed E-state index contributed by atoms with van der Waals surface area (Å²) in [7, 11) is -11.0. The maximum atomic E-state index is 12.9. The quantitative estimate of drug-likeness (QED) is 0.104. The van der Waals surface area contributed by atoms with E-state index in [-0.39, 0.29) is 32.5 Å². The number of hydrogen-bond donors (Lipinski definition) is 0. The van der Waals surface area contributed by atoms with Gasteiger partial charge in [0.25, 0.3) is 20.2 Å². The normalized spacial score (nSPS) is 28.0. The molecule has 0 aromatic heterocycles. The van der Waals surface area contributed by atoms with Crippen LogP contribution in [0.25, 0.3) is 0 Å². The van der Waals surface area contributed by atoms with Crippen molar-refractivity contribution in [2.75, 3.05) is 13.2 Å². The number of aryl methyl sites for hydroxylation is 2. The molecule has 6 aliphatic carbocycles. The van der Waals surface area contributed by atoms with E-state index in [9.17, 15) is 16.8 Å². The van der Waals surface area contributed by atoms with Crippen molar-refractivity contribution >= 4 is 46.8 Å². The molecule has 4 aromatic rings. The minimum Gasteiger partial charge on any atom is -0.266 e. The smallest absolute Gasteiger partial charge is 0.266 e. The Hall–Kier alpha value is -2.87. The molecule has 0 heterocycles. The first-order valence-corrected chi connectivity index (χ1v) is 31.1. The lowest BCUT2D eigenvalue weighted by atomic mass is 9.45. The van der Waals surface area contributed by atoms with Crippen LogP contribution in [0.1, 0.15) is 64.5 Å². The van der Waals surface area contributed by atoms with Gasteiger partial charge in [0.15, 0.2) is 0 Å². The monoisotopic (exact) mass is 884 g/mol. The number of fused-ring (bicyclic) bond motifs is 4. The highest BCUT2D eigenvalue weighted by molar-refractivity contribution is 7.87. The van der Waals surface area contributed by atoms with Gasteiger partial charge in [0.2, 0.25) is 0 Å². The Balaban J connectivity index is 0.000000181. The number of benzene rings is 4. The average Bonchev–Trinajstić information content (AvgIpc) is 3.23. The Bertz CT molecular complexity index is 2160. The van der Waals surface area contributed by atoms with E-state index in [0.29, 0.717) is 36.1 Å². The third-order valence-corrected chi connectivity index (χ3v) is 27.8. The molecule has 6 fully saturated rings. The highest BCUT2D eigenvalue weighted by Gasteiger charge is 2.62. The van der Waals surface area contributed by atoms with Crippen molar-refractivity contribution in [2.24, 2.45) is 46.3 Å². The molecule has 6 nitrogen and oxygen atoms in total. The maximum Gasteiger partial charge on any atom is 0.296 e. The van der Waals surface area contributed by atoms with Gasteiger partial charge in [-0.15, -0.1) is 0 Å². The highest BCUT2D eigenvalue weighted by Crippen LogP contribution is 2.67. The van der Waals surface area contributed by atoms with Crippen molar-refractivity contribution in [3.63, 3.8) is 0 Å². The first kappa shape index (κ1) is 45.2. The van der Waals surface area contributed by atoms with Gasteiger partial charge >= 0.3 is 0 Å². The van der Waals surface area contributed by atoms with Gasteiger partial charge in [0, 0.05) is 0 Å². The van der Waals surface area contributed by atoms with Crippen molar-refractivity contribution in [3.05, 3.63) is 120 Å². The van der Waals surface area contributed by atoms with Crippen molar-refractivity contribution in [2.45, 2.75) is 114 Å². The summed E-state index contributed by atoms with van der Waals surface area (Å²) in [5.41, 5.74) is 3.70. The van der Waals surface area contributed by atoms with Gasteiger partial charge in [-0.1, -0.05) is 160 Å². The van der Waals surface area contributed by atoms with E-state index in [1.54, 1.807) is 24.3 Å². The van der Waals surface area contributed by atoms with Crippen LogP contribution in [0.2, 0.25) is 37.3 Å². The zero-order valence-electron chi connectivity index (χ0n) is 37.5. The topological polar surface area (TPSA) is 86.7 Å². The van der Waals surface area contributed by atoms with Crippen LogP contribution in [0.5, 0.6) is 0 Å². The molecule has 0 saturated heterocycles. The van der Waals surface area contributed by atoms with Crippen LogP contribution in [-0.4, -0.2) is 46.2 Å². The molecule has 0 amide bonds. The van der Waals surface area contributed by atoms with Crippen molar-refractivity contribution < 1.29 is 25.2 Å². The summed E-state index contributed by atoms with van der Waals surface area (Å²) in [6.07, 6.45) is 4.80. The lowest BCUT2D eigenvalue weighted by Crippen LogP contribution is -2.62. The molecule has 4 bridgehead atoms. The van der Waals surface area contributed by atoms with Gasteiger partial charge in [-0.05, 0) is 121 Å². The van der Waals surface area contributed by atoms with E-state index in [2.05, 4.69) is 115 Å². The molecule has 6 aliphatic rings. The molecule has 0 unspecified atom stereocenters. The molecule has 6 saturated carbocycles. The van der Waals surface area contributed by atoms with E-state index in [1.807, 2.05) is 38.1 Å². The lowest BCUT2D eigenvalue weighted by molar-refractivity contribution is -0.114. The minimum atomic E-state index is -3.74. The average molecular weight is 885 g/mol. The van der Waals surface area contributed by atoms with Crippen LogP contribution in [-0.2, 0) is 28.6 Å². The fraction of sp³-hybridized carbons (Fsp3) is 0.520. The summed E-state index contributed by atoms with van der Waals surface area (Å²) in [5, 5.41) is 2.92. The Labute approximate surface area is 364 Å². The summed E-state index contributed by atoms with van der Waals surface area (Å²) >= 11 is 0. The molecule has 324 valence electrons. The third kappa shape index (κ3) is 8.59. The highest BCUT2D eigenvalue weighted by atomic mass is 32.2. The molecule has 10 heteroatoms. The predicted octanol–water partition coefficient (Wildman–Crippen LogP) is 10.7. The fourth-order valence-electron chi connectivity index (χ4n) is 12.1. The van der Waals surface area contributed by atoms with E-state index in [1.165, 1.54) is 36.1 Å². The predicted molar refractivity (Wildman–Crippen MR) is 250 cm³/mol. The van der Waals surface area contributed by atoms with Gasteiger partial charge in [-0.3, -0.25) is 8.37 Å². The van der Waals surface area contributed by atoms with Crippen LogP contribution >= 0.6 is 0 Å². The van der Waals surface area contributed by atoms with E-state index >= 15 is 0 Å². The van der Waals surface area contributed by atoms with Gasteiger partial charge in [-0.2, -0.15) is 16.8 Å². The second kappa shape index (κ2) is 16.7. The molecule has 10 rings (SSSR count). The molecule has 0 radical (unpaired) electrons.